The van der Waals surface area contributed by atoms with Crippen LogP contribution in [0.1, 0.15) is 10.4 Å². The molecule has 0 radical (unpaired) electrons. The van der Waals surface area contributed by atoms with Crippen LogP contribution in [0.25, 0.3) is 0 Å². The van der Waals surface area contributed by atoms with Crippen molar-refractivity contribution in [1.29, 1.82) is 0 Å². The minimum absolute atomic E-state index is 0.222. The van der Waals surface area contributed by atoms with E-state index in [0.29, 0.717) is 5.56 Å². The third kappa shape index (κ3) is 1.69. The Balaban J connectivity index is 3.15. The molecule has 0 aromatic heterocycles. The standard InChI is InChI=1S/C7H7O3P/c8-5-2-1-4(7(10)11)3-6(5)9/h1-3,8-9H,11H2. The quantitative estimate of drug-likeness (QED) is 0.490. The molecule has 11 heavy (non-hydrogen) atoms. The second kappa shape index (κ2) is 2.89. The third-order valence-corrected chi connectivity index (χ3v) is 1.59. The van der Waals surface area contributed by atoms with Gasteiger partial charge in [-0.3, -0.25) is 4.79 Å². The summed E-state index contributed by atoms with van der Waals surface area (Å²) in [6, 6.07) is 3.92. The Morgan fingerprint density at radius 3 is 2.36 bits per heavy atom. The monoisotopic (exact) mass is 170 g/mol. The van der Waals surface area contributed by atoms with Gasteiger partial charge in [0.05, 0.1) is 0 Å². The van der Waals surface area contributed by atoms with Crippen molar-refractivity contribution in [2.45, 2.75) is 0 Å². The lowest BCUT2D eigenvalue weighted by Crippen LogP contribution is -1.85. The molecule has 0 aliphatic rings. The first kappa shape index (κ1) is 8.02. The van der Waals surface area contributed by atoms with Crippen molar-refractivity contribution >= 4 is 14.8 Å². The van der Waals surface area contributed by atoms with Gasteiger partial charge in [-0.05, 0) is 18.2 Å². The number of aromatic hydroxyl groups is 2. The van der Waals surface area contributed by atoms with Gasteiger partial charge in [0.25, 0.3) is 0 Å². The van der Waals surface area contributed by atoms with Gasteiger partial charge in [0.15, 0.2) is 17.0 Å². The van der Waals surface area contributed by atoms with E-state index >= 15 is 0 Å². The van der Waals surface area contributed by atoms with Crippen LogP contribution in [0.4, 0.5) is 0 Å². The highest BCUT2D eigenvalue weighted by atomic mass is 31.0. The van der Waals surface area contributed by atoms with E-state index in [9.17, 15) is 4.79 Å². The summed E-state index contributed by atoms with van der Waals surface area (Å²) >= 11 is 0. The Kier molecular flexibility index (Phi) is 2.11. The molecule has 0 saturated carbocycles. The zero-order valence-corrected chi connectivity index (χ0v) is 6.77. The van der Waals surface area contributed by atoms with Crippen LogP contribution in [0, 0.1) is 0 Å². The fraction of sp³-hybridized carbons (Fsp3) is 0. The number of hydrogen-bond acceptors (Lipinski definition) is 3. The molecule has 0 aliphatic heterocycles. The molecule has 1 rings (SSSR count). The summed E-state index contributed by atoms with van der Waals surface area (Å²) in [6.07, 6.45) is 0. The largest absolute Gasteiger partial charge is 0.504 e. The smallest absolute Gasteiger partial charge is 0.178 e. The minimum atomic E-state index is -0.279. The summed E-state index contributed by atoms with van der Waals surface area (Å²) in [4.78, 5) is 10.7. The van der Waals surface area contributed by atoms with Crippen LogP contribution in [0.15, 0.2) is 18.2 Å². The van der Waals surface area contributed by atoms with Gasteiger partial charge in [-0.1, -0.05) is 9.24 Å². The maximum absolute atomic E-state index is 10.7. The van der Waals surface area contributed by atoms with Crippen LogP contribution in [0.3, 0.4) is 0 Å². The summed E-state index contributed by atoms with van der Waals surface area (Å²) in [5, 5.41) is 17.8. The maximum atomic E-state index is 10.7. The maximum Gasteiger partial charge on any atom is 0.178 e. The number of rotatable bonds is 1. The van der Waals surface area contributed by atoms with Crippen molar-refractivity contribution in [3.63, 3.8) is 0 Å². The molecule has 0 fully saturated rings. The van der Waals surface area contributed by atoms with Crippen molar-refractivity contribution in [3.8, 4) is 11.5 Å². The Labute approximate surface area is 65.9 Å². The van der Waals surface area contributed by atoms with Gasteiger partial charge in [0.1, 0.15) is 0 Å². The first-order valence-electron chi connectivity index (χ1n) is 2.93. The Morgan fingerprint density at radius 1 is 1.27 bits per heavy atom. The van der Waals surface area contributed by atoms with Crippen molar-refractivity contribution < 1.29 is 15.0 Å². The highest BCUT2D eigenvalue weighted by Gasteiger charge is 2.03. The molecular weight excluding hydrogens is 163 g/mol. The van der Waals surface area contributed by atoms with E-state index < -0.39 is 0 Å². The van der Waals surface area contributed by atoms with Crippen molar-refractivity contribution in [2.24, 2.45) is 0 Å². The highest BCUT2D eigenvalue weighted by Crippen LogP contribution is 2.25. The fourth-order valence-corrected chi connectivity index (χ4v) is 0.856. The fourth-order valence-electron chi connectivity index (χ4n) is 0.677. The van der Waals surface area contributed by atoms with Crippen molar-refractivity contribution in [1.82, 2.24) is 0 Å². The van der Waals surface area contributed by atoms with E-state index in [-0.39, 0.29) is 17.0 Å². The van der Waals surface area contributed by atoms with Gasteiger partial charge >= 0.3 is 0 Å². The Morgan fingerprint density at radius 2 is 1.91 bits per heavy atom. The molecule has 1 aromatic carbocycles. The van der Waals surface area contributed by atoms with Crippen LogP contribution in [0.5, 0.6) is 11.5 Å². The topological polar surface area (TPSA) is 57.5 Å². The van der Waals surface area contributed by atoms with E-state index in [1.807, 2.05) is 9.24 Å². The second-order valence-electron chi connectivity index (χ2n) is 2.07. The molecule has 0 aliphatic carbocycles. The molecule has 0 saturated heterocycles. The Hall–Kier alpha value is -1.08. The molecule has 0 bridgehead atoms. The molecule has 0 spiro atoms. The molecule has 2 N–H and O–H groups in total. The average molecular weight is 170 g/mol. The molecule has 0 heterocycles. The summed E-state index contributed by atoms with van der Waals surface area (Å²) in [5.74, 6) is -0.502. The van der Waals surface area contributed by atoms with Crippen molar-refractivity contribution in [3.05, 3.63) is 23.8 Å². The average Bonchev–Trinajstić information content (AvgIpc) is 1.94. The molecule has 4 heteroatoms. The lowest BCUT2D eigenvalue weighted by molar-refractivity contribution is 0.108. The van der Waals surface area contributed by atoms with Gasteiger partial charge in [-0.2, -0.15) is 0 Å². The Bertz CT molecular complexity index is 296. The molecule has 0 amide bonds. The molecule has 1 atom stereocenters. The summed E-state index contributed by atoms with van der Waals surface area (Å²) in [5.41, 5.74) is 0.130. The van der Waals surface area contributed by atoms with Gasteiger partial charge in [0, 0.05) is 5.56 Å². The van der Waals surface area contributed by atoms with Crippen LogP contribution in [0.2, 0.25) is 0 Å². The number of benzene rings is 1. The predicted octanol–water partition coefficient (Wildman–Crippen LogP) is 1.11. The molecular formula is C7H7O3P. The van der Waals surface area contributed by atoms with Crippen LogP contribution in [-0.2, 0) is 0 Å². The summed E-state index contributed by atoms with van der Waals surface area (Å²) < 4.78 is 0. The highest BCUT2D eigenvalue weighted by molar-refractivity contribution is 7.41. The summed E-state index contributed by atoms with van der Waals surface area (Å²) in [6.45, 7) is 0. The van der Waals surface area contributed by atoms with E-state index in [1.165, 1.54) is 18.2 Å². The number of hydrogen-bond donors (Lipinski definition) is 2. The van der Waals surface area contributed by atoms with E-state index in [1.54, 1.807) is 0 Å². The first-order chi connectivity index (χ1) is 5.11. The van der Waals surface area contributed by atoms with Crippen LogP contribution >= 0.6 is 9.24 Å². The van der Waals surface area contributed by atoms with E-state index in [4.69, 9.17) is 10.2 Å². The lowest BCUT2D eigenvalue weighted by atomic mass is 10.2. The van der Waals surface area contributed by atoms with Crippen LogP contribution in [-0.4, -0.2) is 15.7 Å². The molecule has 3 nitrogen and oxygen atoms in total. The second-order valence-corrected chi connectivity index (χ2v) is 2.59. The SMILES string of the molecule is O=C(P)c1ccc(O)c(O)c1. The normalized spacial score (nSPS) is 9.55. The number of phenols is 2. The van der Waals surface area contributed by atoms with Gasteiger partial charge in [-0.25, -0.2) is 0 Å². The first-order valence-corrected chi connectivity index (χ1v) is 3.51. The minimum Gasteiger partial charge on any atom is -0.504 e. The zero-order chi connectivity index (χ0) is 8.43. The van der Waals surface area contributed by atoms with Crippen molar-refractivity contribution in [2.75, 3.05) is 0 Å². The number of phenolic OH excluding ortho intramolecular Hbond substituents is 2. The summed E-state index contributed by atoms with van der Waals surface area (Å²) in [7, 11) is 1.98. The predicted molar refractivity (Wildman–Crippen MR) is 43.8 cm³/mol. The van der Waals surface area contributed by atoms with E-state index in [2.05, 4.69) is 0 Å². The zero-order valence-electron chi connectivity index (χ0n) is 5.61. The van der Waals surface area contributed by atoms with Gasteiger partial charge in [-0.15, -0.1) is 0 Å². The number of carbonyl (C=O) groups excluding carboxylic acids is 1. The molecule has 1 aromatic rings. The molecule has 58 valence electrons. The van der Waals surface area contributed by atoms with Gasteiger partial charge in [0.2, 0.25) is 0 Å². The third-order valence-electron chi connectivity index (χ3n) is 1.26. The van der Waals surface area contributed by atoms with Crippen LogP contribution < -0.4 is 0 Å². The lowest BCUT2D eigenvalue weighted by Gasteiger charge is -1.98. The van der Waals surface area contributed by atoms with E-state index in [0.717, 1.165) is 0 Å². The number of carbonyl (C=O) groups is 1. The molecule has 1 unspecified atom stereocenters. The van der Waals surface area contributed by atoms with Gasteiger partial charge < -0.3 is 10.2 Å².